The van der Waals surface area contributed by atoms with Crippen LogP contribution in [0.3, 0.4) is 0 Å². The van der Waals surface area contributed by atoms with Crippen LogP contribution in [0.5, 0.6) is 0 Å². The highest BCUT2D eigenvalue weighted by molar-refractivity contribution is 7.21. The van der Waals surface area contributed by atoms with Crippen LogP contribution in [0.1, 0.15) is 40.3 Å². The second-order valence-corrected chi connectivity index (χ2v) is 8.19. The van der Waals surface area contributed by atoms with Crippen LogP contribution in [0.2, 0.25) is 0 Å². The van der Waals surface area contributed by atoms with Crippen molar-refractivity contribution in [2.75, 3.05) is 12.3 Å². The summed E-state index contributed by atoms with van der Waals surface area (Å²) in [6.45, 7) is 6.40. The van der Waals surface area contributed by atoms with E-state index in [4.69, 9.17) is 15.5 Å². The Bertz CT molecular complexity index is 982. The molecular formula is C21H23N3O2S. The third-order valence-electron chi connectivity index (χ3n) is 4.73. The van der Waals surface area contributed by atoms with Gasteiger partial charge >= 0.3 is 5.97 Å². The Morgan fingerprint density at radius 2 is 2.11 bits per heavy atom. The first-order valence-corrected chi connectivity index (χ1v) is 10.0. The second-order valence-electron chi connectivity index (χ2n) is 7.19. The number of benzene rings is 1. The molecule has 0 fully saturated rings. The van der Waals surface area contributed by atoms with Gasteiger partial charge in [0.25, 0.3) is 0 Å². The zero-order chi connectivity index (χ0) is 19.0. The SMILES string of the molecule is CC(C)OC(=O)c1sc2nc3c(cc2c1N)CN(Cc1ccccc1)CC3. The number of rotatable bonds is 4. The number of anilines is 1. The van der Waals surface area contributed by atoms with Crippen molar-refractivity contribution >= 4 is 33.2 Å². The number of nitrogens with zero attached hydrogens (tertiary/aromatic N) is 2. The standard InChI is InChI=1S/C21H23N3O2S/c1-13(2)26-21(25)19-18(22)16-10-15-12-24(11-14-6-4-3-5-7-14)9-8-17(15)23-20(16)27-19/h3-7,10,13H,8-9,11-12,22H2,1-2H3. The van der Waals surface area contributed by atoms with E-state index in [-0.39, 0.29) is 12.1 Å². The zero-order valence-corrected chi connectivity index (χ0v) is 16.4. The number of hydrogen-bond donors (Lipinski definition) is 1. The van der Waals surface area contributed by atoms with Crippen molar-refractivity contribution in [2.45, 2.75) is 39.5 Å². The maximum Gasteiger partial charge on any atom is 0.350 e. The van der Waals surface area contributed by atoms with E-state index in [1.165, 1.54) is 22.5 Å². The predicted octanol–water partition coefficient (Wildman–Crippen LogP) is 4.00. The van der Waals surface area contributed by atoms with E-state index in [1.807, 2.05) is 19.9 Å². The monoisotopic (exact) mass is 381 g/mol. The first kappa shape index (κ1) is 17.9. The molecule has 3 aromatic rings. The number of esters is 1. The number of fused-ring (bicyclic) bond motifs is 2. The van der Waals surface area contributed by atoms with Crippen molar-refractivity contribution in [2.24, 2.45) is 0 Å². The van der Waals surface area contributed by atoms with E-state index in [2.05, 4.69) is 35.2 Å². The number of nitrogen functional groups attached to an aromatic ring is 1. The van der Waals surface area contributed by atoms with Gasteiger partial charge in [-0.3, -0.25) is 4.90 Å². The van der Waals surface area contributed by atoms with Crippen LogP contribution in [-0.2, 0) is 24.2 Å². The lowest BCUT2D eigenvalue weighted by atomic mass is 10.0. The molecule has 0 atom stereocenters. The molecule has 0 saturated heterocycles. The molecule has 0 bridgehead atoms. The average molecular weight is 382 g/mol. The highest BCUT2D eigenvalue weighted by Gasteiger charge is 2.23. The van der Waals surface area contributed by atoms with Gasteiger partial charge in [-0.25, -0.2) is 9.78 Å². The molecule has 1 aliphatic heterocycles. The van der Waals surface area contributed by atoms with Crippen LogP contribution in [-0.4, -0.2) is 28.5 Å². The van der Waals surface area contributed by atoms with Gasteiger partial charge in [0.1, 0.15) is 9.71 Å². The van der Waals surface area contributed by atoms with Gasteiger partial charge in [-0.05, 0) is 31.0 Å². The lowest BCUT2D eigenvalue weighted by Crippen LogP contribution is -2.30. The molecule has 0 aliphatic carbocycles. The van der Waals surface area contributed by atoms with Gasteiger partial charge in [0, 0.05) is 37.1 Å². The predicted molar refractivity (Wildman–Crippen MR) is 109 cm³/mol. The lowest BCUT2D eigenvalue weighted by molar-refractivity contribution is 0.0385. The Kier molecular flexibility index (Phi) is 4.85. The van der Waals surface area contributed by atoms with Gasteiger partial charge in [0.2, 0.25) is 0 Å². The Morgan fingerprint density at radius 3 is 2.85 bits per heavy atom. The van der Waals surface area contributed by atoms with E-state index in [0.29, 0.717) is 10.6 Å². The lowest BCUT2D eigenvalue weighted by Gasteiger charge is -2.28. The molecule has 6 heteroatoms. The summed E-state index contributed by atoms with van der Waals surface area (Å²) < 4.78 is 5.31. The number of hydrogen-bond acceptors (Lipinski definition) is 6. The van der Waals surface area contributed by atoms with Crippen LogP contribution in [0, 0.1) is 0 Å². The molecule has 2 N–H and O–H groups in total. The normalized spacial score (nSPS) is 14.5. The summed E-state index contributed by atoms with van der Waals surface area (Å²) >= 11 is 1.33. The maximum atomic E-state index is 12.3. The van der Waals surface area contributed by atoms with E-state index >= 15 is 0 Å². The van der Waals surface area contributed by atoms with E-state index in [9.17, 15) is 4.79 Å². The Hall–Kier alpha value is -2.44. The first-order chi connectivity index (χ1) is 13.0. The van der Waals surface area contributed by atoms with E-state index in [0.717, 1.165) is 42.0 Å². The van der Waals surface area contributed by atoms with Crippen LogP contribution in [0.15, 0.2) is 36.4 Å². The summed E-state index contributed by atoms with van der Waals surface area (Å²) in [4.78, 5) is 20.8. The summed E-state index contributed by atoms with van der Waals surface area (Å²) in [7, 11) is 0. The molecular weight excluding hydrogens is 358 g/mol. The second kappa shape index (κ2) is 7.29. The largest absolute Gasteiger partial charge is 0.459 e. The number of pyridine rings is 1. The van der Waals surface area contributed by atoms with Gasteiger partial charge in [0.05, 0.1) is 11.8 Å². The van der Waals surface area contributed by atoms with Crippen molar-refractivity contribution in [1.29, 1.82) is 0 Å². The van der Waals surface area contributed by atoms with Crippen molar-refractivity contribution in [3.8, 4) is 0 Å². The average Bonchev–Trinajstić information content (AvgIpc) is 2.96. The molecule has 4 rings (SSSR count). The molecule has 140 valence electrons. The first-order valence-electron chi connectivity index (χ1n) is 9.19. The summed E-state index contributed by atoms with van der Waals surface area (Å²) in [5, 5.41) is 0.857. The molecule has 1 aromatic carbocycles. The van der Waals surface area contributed by atoms with Crippen molar-refractivity contribution in [3.05, 3.63) is 58.1 Å². The maximum absolute atomic E-state index is 12.3. The minimum absolute atomic E-state index is 0.171. The van der Waals surface area contributed by atoms with Crippen LogP contribution in [0.4, 0.5) is 5.69 Å². The third-order valence-corrected chi connectivity index (χ3v) is 5.82. The minimum atomic E-state index is -0.367. The fourth-order valence-corrected chi connectivity index (χ4v) is 4.43. The number of ether oxygens (including phenoxy) is 1. The molecule has 27 heavy (non-hydrogen) atoms. The Morgan fingerprint density at radius 1 is 1.33 bits per heavy atom. The van der Waals surface area contributed by atoms with E-state index < -0.39 is 0 Å². The number of carbonyl (C=O) groups is 1. The molecule has 0 radical (unpaired) electrons. The zero-order valence-electron chi connectivity index (χ0n) is 15.6. The number of nitrogens with two attached hydrogens (primary N) is 1. The van der Waals surface area contributed by atoms with Crippen LogP contribution in [0.25, 0.3) is 10.2 Å². The summed E-state index contributed by atoms with van der Waals surface area (Å²) in [6.07, 6.45) is 0.733. The minimum Gasteiger partial charge on any atom is -0.459 e. The summed E-state index contributed by atoms with van der Waals surface area (Å²) in [6, 6.07) is 12.6. The van der Waals surface area contributed by atoms with Gasteiger partial charge in [-0.15, -0.1) is 11.3 Å². The van der Waals surface area contributed by atoms with Gasteiger partial charge < -0.3 is 10.5 Å². The molecule has 0 amide bonds. The number of carbonyl (C=O) groups excluding carboxylic acids is 1. The van der Waals surface area contributed by atoms with Gasteiger partial charge in [-0.2, -0.15) is 0 Å². The summed E-state index contributed by atoms with van der Waals surface area (Å²) in [5.74, 6) is -0.367. The smallest absolute Gasteiger partial charge is 0.350 e. The molecule has 3 heterocycles. The Labute approximate surface area is 162 Å². The van der Waals surface area contributed by atoms with Crippen molar-refractivity contribution in [3.63, 3.8) is 0 Å². The molecule has 2 aromatic heterocycles. The molecule has 0 saturated carbocycles. The number of thiophene rings is 1. The van der Waals surface area contributed by atoms with Crippen LogP contribution >= 0.6 is 11.3 Å². The van der Waals surface area contributed by atoms with Gasteiger partial charge in [-0.1, -0.05) is 30.3 Å². The molecule has 0 spiro atoms. The van der Waals surface area contributed by atoms with Gasteiger partial charge in [0.15, 0.2) is 0 Å². The third kappa shape index (κ3) is 3.68. The fraction of sp³-hybridized carbons (Fsp3) is 0.333. The topological polar surface area (TPSA) is 68.4 Å². The molecule has 5 nitrogen and oxygen atoms in total. The highest BCUT2D eigenvalue weighted by atomic mass is 32.1. The fourth-order valence-electron chi connectivity index (χ4n) is 3.45. The molecule has 0 unspecified atom stereocenters. The van der Waals surface area contributed by atoms with Crippen molar-refractivity contribution < 1.29 is 9.53 Å². The quantitative estimate of drug-likeness (QED) is 0.692. The van der Waals surface area contributed by atoms with E-state index in [1.54, 1.807) is 0 Å². The number of aromatic nitrogens is 1. The highest BCUT2D eigenvalue weighted by Crippen LogP contribution is 2.35. The summed E-state index contributed by atoms with van der Waals surface area (Å²) in [5.41, 5.74) is 10.4. The van der Waals surface area contributed by atoms with Crippen LogP contribution < -0.4 is 5.73 Å². The molecule has 1 aliphatic rings. The van der Waals surface area contributed by atoms with Crippen molar-refractivity contribution in [1.82, 2.24) is 9.88 Å². The Balaban J connectivity index is 1.61.